The number of aromatic nitrogens is 1. The number of fused-ring (bicyclic) bond motifs is 1. The number of halogens is 1. The maximum absolute atomic E-state index is 5.91. The highest BCUT2D eigenvalue weighted by atomic mass is 35.5. The van der Waals surface area contributed by atoms with Crippen LogP contribution in [-0.4, -0.2) is 36.4 Å². The van der Waals surface area contributed by atoms with Crippen LogP contribution in [-0.2, 0) is 16.1 Å². The zero-order chi connectivity index (χ0) is 11.5. The molecule has 0 unspecified atom stereocenters. The Kier molecular flexibility index (Phi) is 4.95. The highest BCUT2D eigenvalue weighted by Crippen LogP contribution is 2.24. The summed E-state index contributed by atoms with van der Waals surface area (Å²) in [6, 6.07) is 6.37. The van der Waals surface area contributed by atoms with Crippen LogP contribution in [0.25, 0.3) is 0 Å². The molecule has 1 aromatic heterocycles. The van der Waals surface area contributed by atoms with Crippen molar-refractivity contribution in [3.8, 4) is 0 Å². The fraction of sp³-hybridized carbons (Fsp3) is 0.615. The molecule has 4 nitrogen and oxygen atoms in total. The number of hydrogen-bond acceptors (Lipinski definition) is 4. The number of pyridine rings is 1. The second kappa shape index (κ2) is 6.48. The summed E-state index contributed by atoms with van der Waals surface area (Å²) in [4.78, 5) is 4.26. The minimum absolute atomic E-state index is 0. The van der Waals surface area contributed by atoms with Crippen molar-refractivity contribution in [2.45, 2.75) is 37.7 Å². The van der Waals surface area contributed by atoms with Crippen molar-refractivity contribution in [2.75, 3.05) is 13.2 Å². The van der Waals surface area contributed by atoms with Crippen molar-refractivity contribution in [3.63, 3.8) is 0 Å². The molecule has 18 heavy (non-hydrogen) atoms. The smallest absolute Gasteiger partial charge is 0.100 e. The number of rotatable bonds is 3. The van der Waals surface area contributed by atoms with Crippen LogP contribution >= 0.6 is 12.4 Å². The lowest BCUT2D eigenvalue weighted by Gasteiger charge is -2.28. The second-order valence-corrected chi connectivity index (χ2v) is 4.66. The molecule has 1 N–H and O–H groups in total. The number of ether oxygens (including phenoxy) is 2. The Morgan fingerprint density at radius 2 is 2.39 bits per heavy atom. The van der Waals surface area contributed by atoms with Crippen LogP contribution in [0, 0.1) is 0 Å². The van der Waals surface area contributed by atoms with Crippen LogP contribution in [0.15, 0.2) is 24.4 Å². The monoisotopic (exact) mass is 270 g/mol. The van der Waals surface area contributed by atoms with E-state index in [4.69, 9.17) is 9.47 Å². The molecule has 5 heteroatoms. The van der Waals surface area contributed by atoms with E-state index in [9.17, 15) is 0 Å². The third kappa shape index (κ3) is 3.01. The Bertz CT molecular complexity index is 363. The molecular weight excluding hydrogens is 252 g/mol. The van der Waals surface area contributed by atoms with Gasteiger partial charge in [-0.2, -0.15) is 0 Å². The Balaban J connectivity index is 0.00000120. The van der Waals surface area contributed by atoms with Gasteiger partial charge in [-0.3, -0.25) is 4.98 Å². The van der Waals surface area contributed by atoms with Crippen LogP contribution < -0.4 is 5.32 Å². The number of hydrogen-bond donors (Lipinski definition) is 1. The molecule has 0 aromatic carbocycles. The van der Waals surface area contributed by atoms with Gasteiger partial charge in [0.25, 0.3) is 0 Å². The molecule has 2 saturated heterocycles. The minimum Gasteiger partial charge on any atom is -0.374 e. The third-order valence-corrected chi connectivity index (χ3v) is 3.49. The van der Waals surface area contributed by atoms with Crippen LogP contribution in [0.2, 0.25) is 0 Å². The molecule has 3 atom stereocenters. The third-order valence-electron chi connectivity index (χ3n) is 3.49. The lowest BCUT2D eigenvalue weighted by molar-refractivity contribution is -0.0794. The quantitative estimate of drug-likeness (QED) is 0.905. The van der Waals surface area contributed by atoms with E-state index in [1.54, 1.807) is 6.20 Å². The summed E-state index contributed by atoms with van der Waals surface area (Å²) < 4.78 is 11.7. The van der Waals surface area contributed by atoms with Crippen LogP contribution in [0.3, 0.4) is 0 Å². The van der Waals surface area contributed by atoms with Crippen molar-refractivity contribution in [3.05, 3.63) is 30.1 Å². The molecule has 0 bridgehead atoms. The van der Waals surface area contributed by atoms with E-state index in [0.717, 1.165) is 25.3 Å². The van der Waals surface area contributed by atoms with Gasteiger partial charge >= 0.3 is 0 Å². The van der Waals surface area contributed by atoms with Gasteiger partial charge in [0, 0.05) is 25.4 Å². The Labute approximate surface area is 113 Å². The summed E-state index contributed by atoms with van der Waals surface area (Å²) in [5.74, 6) is 0. The Hall–Kier alpha value is -0.680. The summed E-state index contributed by atoms with van der Waals surface area (Å²) >= 11 is 0. The molecule has 3 heterocycles. The fourth-order valence-electron chi connectivity index (χ4n) is 2.60. The SMILES string of the molecule is Cl.c1ccc(CO[C@H]2CN[C@H]3CCCO[C@H]32)nc1. The van der Waals surface area contributed by atoms with Crippen molar-refractivity contribution in [2.24, 2.45) is 0 Å². The van der Waals surface area contributed by atoms with E-state index < -0.39 is 0 Å². The van der Waals surface area contributed by atoms with E-state index in [1.807, 2.05) is 18.2 Å². The van der Waals surface area contributed by atoms with Gasteiger partial charge in [-0.1, -0.05) is 6.07 Å². The molecule has 2 fully saturated rings. The van der Waals surface area contributed by atoms with Gasteiger partial charge in [-0.15, -0.1) is 12.4 Å². The van der Waals surface area contributed by atoms with Gasteiger partial charge in [0.1, 0.15) is 6.10 Å². The van der Waals surface area contributed by atoms with Crippen molar-refractivity contribution < 1.29 is 9.47 Å². The standard InChI is InChI=1S/C13H18N2O2.ClH/c1-2-6-14-10(4-1)9-17-12-8-15-11-5-3-7-16-13(11)12;/h1-2,4,6,11-13,15H,3,5,7-9H2;1H/t11-,12-,13+;/m0./s1. The predicted molar refractivity (Wildman–Crippen MR) is 70.8 cm³/mol. The van der Waals surface area contributed by atoms with Crippen LogP contribution in [0.4, 0.5) is 0 Å². The molecule has 1 aromatic rings. The average molecular weight is 271 g/mol. The first-order valence-electron chi connectivity index (χ1n) is 6.30. The normalized spacial score (nSPS) is 30.6. The summed E-state index contributed by atoms with van der Waals surface area (Å²) in [6.45, 7) is 2.33. The topological polar surface area (TPSA) is 43.4 Å². The molecule has 2 aliphatic heterocycles. The van der Waals surface area contributed by atoms with Crippen molar-refractivity contribution in [1.82, 2.24) is 10.3 Å². The average Bonchev–Trinajstić information content (AvgIpc) is 2.81. The maximum atomic E-state index is 5.91. The van der Waals surface area contributed by atoms with E-state index in [0.29, 0.717) is 12.6 Å². The summed E-state index contributed by atoms with van der Waals surface area (Å²) in [7, 11) is 0. The van der Waals surface area contributed by atoms with Crippen LogP contribution in [0.5, 0.6) is 0 Å². The molecule has 3 rings (SSSR count). The first kappa shape index (κ1) is 13.7. The van der Waals surface area contributed by atoms with Crippen LogP contribution in [0.1, 0.15) is 18.5 Å². The van der Waals surface area contributed by atoms with E-state index >= 15 is 0 Å². The lowest BCUT2D eigenvalue weighted by Crippen LogP contribution is -2.40. The zero-order valence-corrected chi connectivity index (χ0v) is 11.1. The zero-order valence-electron chi connectivity index (χ0n) is 10.2. The number of nitrogens with one attached hydrogen (secondary N) is 1. The lowest BCUT2D eigenvalue weighted by atomic mass is 10.0. The Morgan fingerprint density at radius 3 is 3.22 bits per heavy atom. The molecule has 0 radical (unpaired) electrons. The minimum atomic E-state index is 0. The van der Waals surface area contributed by atoms with Gasteiger partial charge < -0.3 is 14.8 Å². The molecule has 100 valence electrons. The summed E-state index contributed by atoms with van der Waals surface area (Å²) in [5, 5.41) is 3.47. The molecular formula is C13H19ClN2O2. The first-order valence-corrected chi connectivity index (χ1v) is 6.30. The fourth-order valence-corrected chi connectivity index (χ4v) is 2.60. The highest BCUT2D eigenvalue weighted by Gasteiger charge is 2.39. The summed E-state index contributed by atoms with van der Waals surface area (Å²) in [6.07, 6.45) is 4.55. The van der Waals surface area contributed by atoms with Gasteiger partial charge in [-0.05, 0) is 25.0 Å². The largest absolute Gasteiger partial charge is 0.374 e. The van der Waals surface area contributed by atoms with Gasteiger partial charge in [0.2, 0.25) is 0 Å². The highest BCUT2D eigenvalue weighted by molar-refractivity contribution is 5.85. The van der Waals surface area contributed by atoms with Gasteiger partial charge in [-0.25, -0.2) is 0 Å². The molecule has 0 amide bonds. The molecule has 0 aliphatic carbocycles. The van der Waals surface area contributed by atoms with Crippen molar-refractivity contribution in [1.29, 1.82) is 0 Å². The molecule has 0 spiro atoms. The predicted octanol–water partition coefficient (Wildman–Crippen LogP) is 1.54. The Morgan fingerprint density at radius 1 is 1.44 bits per heavy atom. The second-order valence-electron chi connectivity index (χ2n) is 4.66. The van der Waals surface area contributed by atoms with Crippen molar-refractivity contribution >= 4 is 12.4 Å². The van der Waals surface area contributed by atoms with E-state index in [2.05, 4.69) is 10.3 Å². The molecule has 0 saturated carbocycles. The maximum Gasteiger partial charge on any atom is 0.100 e. The van der Waals surface area contributed by atoms with E-state index in [1.165, 1.54) is 6.42 Å². The molecule has 2 aliphatic rings. The number of nitrogens with zero attached hydrogens (tertiary/aromatic N) is 1. The summed E-state index contributed by atoms with van der Waals surface area (Å²) in [5.41, 5.74) is 0.978. The van der Waals surface area contributed by atoms with Gasteiger partial charge in [0.05, 0.1) is 18.4 Å². The van der Waals surface area contributed by atoms with Gasteiger partial charge in [0.15, 0.2) is 0 Å². The first-order chi connectivity index (χ1) is 8.43. The van der Waals surface area contributed by atoms with E-state index in [-0.39, 0.29) is 24.6 Å².